The summed E-state index contributed by atoms with van der Waals surface area (Å²) in [5.74, 6) is -1.10. The molecule has 1 heterocycles. The van der Waals surface area contributed by atoms with Gasteiger partial charge in [-0.3, -0.25) is 9.59 Å². The van der Waals surface area contributed by atoms with Crippen LogP contribution in [0.3, 0.4) is 0 Å². The number of carbonyl (C=O) groups excluding carboxylic acids is 2. The van der Waals surface area contributed by atoms with Gasteiger partial charge in [-0.1, -0.05) is 6.07 Å². The number of anilines is 2. The maximum absolute atomic E-state index is 13.3. The number of benzene rings is 2. The first-order valence-corrected chi connectivity index (χ1v) is 10.2. The molecule has 0 aliphatic carbocycles. The van der Waals surface area contributed by atoms with E-state index in [-0.39, 0.29) is 16.5 Å². The lowest BCUT2D eigenvalue weighted by Crippen LogP contribution is -2.33. The molecule has 2 aromatic carbocycles. The van der Waals surface area contributed by atoms with Crippen LogP contribution in [-0.4, -0.2) is 33.3 Å². The predicted octanol–water partition coefficient (Wildman–Crippen LogP) is 2.18. The van der Waals surface area contributed by atoms with Crippen molar-refractivity contribution in [3.05, 3.63) is 53.8 Å². The van der Waals surface area contributed by atoms with E-state index in [1.165, 1.54) is 30.3 Å². The van der Waals surface area contributed by atoms with Crippen molar-refractivity contribution < 1.29 is 22.4 Å². The number of hydrogen-bond donors (Lipinski definition) is 2. The fraction of sp³-hybridized carbons (Fsp3) is 0.263. The van der Waals surface area contributed by atoms with E-state index in [2.05, 4.69) is 10.0 Å². The van der Waals surface area contributed by atoms with Crippen molar-refractivity contribution in [2.45, 2.75) is 24.7 Å². The van der Waals surface area contributed by atoms with E-state index < -0.39 is 28.3 Å². The van der Waals surface area contributed by atoms with Crippen molar-refractivity contribution >= 4 is 33.2 Å². The molecule has 0 aromatic heterocycles. The molecule has 0 radical (unpaired) electrons. The molecule has 0 spiro atoms. The third-order valence-electron chi connectivity index (χ3n) is 4.43. The van der Waals surface area contributed by atoms with Crippen LogP contribution in [0.2, 0.25) is 0 Å². The molecule has 7 nitrogen and oxygen atoms in total. The Labute approximate surface area is 162 Å². The van der Waals surface area contributed by atoms with Gasteiger partial charge in [0, 0.05) is 24.3 Å². The summed E-state index contributed by atoms with van der Waals surface area (Å²) in [5, 5.41) is 2.48. The molecule has 2 amide bonds. The van der Waals surface area contributed by atoms with Crippen LogP contribution in [0.5, 0.6) is 0 Å². The largest absolute Gasteiger partial charge is 0.325 e. The van der Waals surface area contributed by atoms with E-state index in [1.807, 2.05) is 0 Å². The van der Waals surface area contributed by atoms with Crippen molar-refractivity contribution in [3.63, 3.8) is 0 Å². The highest BCUT2D eigenvalue weighted by molar-refractivity contribution is 7.89. The lowest BCUT2D eigenvalue weighted by Gasteiger charge is -2.16. The van der Waals surface area contributed by atoms with E-state index in [0.717, 1.165) is 6.42 Å². The number of nitrogens with one attached hydrogen (secondary N) is 2. The minimum absolute atomic E-state index is 0.0121. The molecule has 1 saturated heterocycles. The van der Waals surface area contributed by atoms with Crippen molar-refractivity contribution in [1.29, 1.82) is 0 Å². The Morgan fingerprint density at radius 3 is 2.54 bits per heavy atom. The third kappa shape index (κ3) is 4.55. The maximum Gasteiger partial charge on any atom is 0.241 e. The normalized spacial score (nSPS) is 14.4. The highest BCUT2D eigenvalue weighted by Gasteiger charge is 2.22. The zero-order valence-corrected chi connectivity index (χ0v) is 16.1. The highest BCUT2D eigenvalue weighted by atomic mass is 32.2. The van der Waals surface area contributed by atoms with E-state index >= 15 is 0 Å². The zero-order valence-electron chi connectivity index (χ0n) is 15.2. The Hall–Kier alpha value is -2.78. The first kappa shape index (κ1) is 20.0. The SMILES string of the molecule is Cc1ccc(F)cc1NC(=O)CNS(=O)(=O)c1ccc(N2CCCC2=O)cc1. The van der Waals surface area contributed by atoms with E-state index in [0.29, 0.717) is 24.2 Å². The number of sulfonamides is 1. The van der Waals surface area contributed by atoms with Gasteiger partial charge in [0.15, 0.2) is 0 Å². The molecule has 3 rings (SSSR count). The summed E-state index contributed by atoms with van der Waals surface area (Å²) in [4.78, 5) is 25.4. The minimum atomic E-state index is -3.91. The molecule has 1 aliphatic rings. The second kappa shape index (κ2) is 8.07. The van der Waals surface area contributed by atoms with Crippen molar-refractivity contribution in [1.82, 2.24) is 4.72 Å². The van der Waals surface area contributed by atoms with Crippen LogP contribution >= 0.6 is 0 Å². The molecule has 0 atom stereocenters. The smallest absolute Gasteiger partial charge is 0.241 e. The van der Waals surface area contributed by atoms with E-state index in [1.54, 1.807) is 24.0 Å². The van der Waals surface area contributed by atoms with Crippen LogP contribution in [0.4, 0.5) is 15.8 Å². The number of hydrogen-bond acceptors (Lipinski definition) is 4. The molecule has 1 aliphatic heterocycles. The van der Waals surface area contributed by atoms with Gasteiger partial charge in [0.25, 0.3) is 0 Å². The summed E-state index contributed by atoms with van der Waals surface area (Å²) in [6.45, 7) is 1.82. The monoisotopic (exact) mass is 405 g/mol. The van der Waals surface area contributed by atoms with Crippen LogP contribution in [0, 0.1) is 12.7 Å². The summed E-state index contributed by atoms with van der Waals surface area (Å²) in [5.41, 5.74) is 1.58. The first-order valence-electron chi connectivity index (χ1n) is 8.72. The first-order chi connectivity index (χ1) is 13.3. The molecule has 2 N–H and O–H groups in total. The van der Waals surface area contributed by atoms with Gasteiger partial charge in [-0.05, 0) is 55.3 Å². The number of nitrogens with zero attached hydrogens (tertiary/aromatic N) is 1. The van der Waals surface area contributed by atoms with E-state index in [9.17, 15) is 22.4 Å². The van der Waals surface area contributed by atoms with Gasteiger partial charge in [-0.2, -0.15) is 0 Å². The van der Waals surface area contributed by atoms with Crippen molar-refractivity contribution in [3.8, 4) is 0 Å². The Morgan fingerprint density at radius 1 is 1.18 bits per heavy atom. The fourth-order valence-corrected chi connectivity index (χ4v) is 3.88. The average molecular weight is 405 g/mol. The second-order valence-corrected chi connectivity index (χ2v) is 8.24. The molecule has 0 saturated carbocycles. The quantitative estimate of drug-likeness (QED) is 0.770. The number of halogens is 1. The molecule has 148 valence electrons. The second-order valence-electron chi connectivity index (χ2n) is 6.47. The lowest BCUT2D eigenvalue weighted by molar-refractivity contribution is -0.117. The summed E-state index contributed by atoms with van der Waals surface area (Å²) in [6, 6.07) is 9.85. The summed E-state index contributed by atoms with van der Waals surface area (Å²) in [7, 11) is -3.91. The standard InChI is InChI=1S/C19H20FN3O4S/c1-13-4-5-14(20)11-17(13)22-18(24)12-21-28(26,27)16-8-6-15(7-9-16)23-10-2-3-19(23)25/h4-9,11,21H,2-3,10,12H2,1H3,(H,22,24). The van der Waals surface area contributed by atoms with Gasteiger partial charge < -0.3 is 10.2 Å². The Bertz CT molecular complexity index is 1010. The molecule has 28 heavy (non-hydrogen) atoms. The lowest BCUT2D eigenvalue weighted by atomic mass is 10.2. The topological polar surface area (TPSA) is 95.6 Å². The van der Waals surface area contributed by atoms with Gasteiger partial charge in [0.1, 0.15) is 5.82 Å². The number of carbonyl (C=O) groups is 2. The number of amides is 2. The molecular weight excluding hydrogens is 385 g/mol. The van der Waals surface area contributed by atoms with Crippen molar-refractivity contribution in [2.24, 2.45) is 0 Å². The van der Waals surface area contributed by atoms with Gasteiger partial charge in [0.2, 0.25) is 21.8 Å². The van der Waals surface area contributed by atoms with Gasteiger partial charge in [0.05, 0.1) is 11.4 Å². The van der Waals surface area contributed by atoms with Crippen molar-refractivity contribution in [2.75, 3.05) is 23.3 Å². The molecule has 1 fully saturated rings. The van der Waals surface area contributed by atoms with Gasteiger partial charge >= 0.3 is 0 Å². The molecular formula is C19H20FN3O4S. The maximum atomic E-state index is 13.3. The predicted molar refractivity (Wildman–Crippen MR) is 103 cm³/mol. The van der Waals surface area contributed by atoms with Crippen LogP contribution in [0.15, 0.2) is 47.4 Å². The number of rotatable bonds is 6. The van der Waals surface area contributed by atoms with Gasteiger partial charge in [-0.15, -0.1) is 0 Å². The number of aryl methyl sites for hydroxylation is 1. The van der Waals surface area contributed by atoms with Crippen LogP contribution in [-0.2, 0) is 19.6 Å². The summed E-state index contributed by atoms with van der Waals surface area (Å²) in [6.07, 6.45) is 1.27. The fourth-order valence-electron chi connectivity index (χ4n) is 2.89. The summed E-state index contributed by atoms with van der Waals surface area (Å²) < 4.78 is 40.2. The molecule has 2 aromatic rings. The zero-order chi connectivity index (χ0) is 20.3. The molecule has 0 bridgehead atoms. The van der Waals surface area contributed by atoms with Crippen LogP contribution < -0.4 is 14.9 Å². The van der Waals surface area contributed by atoms with Crippen LogP contribution in [0.25, 0.3) is 0 Å². The highest BCUT2D eigenvalue weighted by Crippen LogP contribution is 2.23. The van der Waals surface area contributed by atoms with Crippen LogP contribution in [0.1, 0.15) is 18.4 Å². The van der Waals surface area contributed by atoms with E-state index in [4.69, 9.17) is 0 Å². The minimum Gasteiger partial charge on any atom is -0.325 e. The Kier molecular flexibility index (Phi) is 5.76. The molecule has 9 heteroatoms. The Balaban J connectivity index is 1.62. The molecule has 0 unspecified atom stereocenters. The average Bonchev–Trinajstić information content (AvgIpc) is 3.09. The summed E-state index contributed by atoms with van der Waals surface area (Å²) >= 11 is 0. The Morgan fingerprint density at radius 2 is 1.89 bits per heavy atom. The van der Waals surface area contributed by atoms with Gasteiger partial charge in [-0.25, -0.2) is 17.5 Å². The third-order valence-corrected chi connectivity index (χ3v) is 5.85.